The average molecular weight is 348 g/mol. The zero-order valence-electron chi connectivity index (χ0n) is 14.0. The Labute approximate surface area is 144 Å². The SMILES string of the molecule is COc1cccc(NC(=O)C(C)(C)C(=O)Nc2ccc(F)c(F)c2)c1. The van der Waals surface area contributed by atoms with E-state index in [0.29, 0.717) is 11.4 Å². The van der Waals surface area contributed by atoms with E-state index in [1.54, 1.807) is 24.3 Å². The Morgan fingerprint density at radius 3 is 2.08 bits per heavy atom. The lowest BCUT2D eigenvalue weighted by atomic mass is 9.90. The van der Waals surface area contributed by atoms with E-state index in [0.717, 1.165) is 12.1 Å². The van der Waals surface area contributed by atoms with Crippen molar-refractivity contribution in [3.63, 3.8) is 0 Å². The van der Waals surface area contributed by atoms with Crippen molar-refractivity contribution in [3.8, 4) is 5.75 Å². The minimum atomic E-state index is -1.45. The highest BCUT2D eigenvalue weighted by molar-refractivity contribution is 6.14. The van der Waals surface area contributed by atoms with E-state index in [4.69, 9.17) is 4.74 Å². The number of amides is 2. The standard InChI is InChI=1S/C18H18F2N2O3/c1-18(2,16(23)21-11-5-4-6-13(9-11)25-3)17(24)22-12-7-8-14(19)15(20)10-12/h4-10H,1-3H3,(H,21,23)(H,22,24). The highest BCUT2D eigenvalue weighted by Gasteiger charge is 2.36. The van der Waals surface area contributed by atoms with Crippen LogP contribution in [-0.2, 0) is 9.59 Å². The summed E-state index contributed by atoms with van der Waals surface area (Å²) in [6.45, 7) is 2.86. The Hall–Kier alpha value is -2.96. The lowest BCUT2D eigenvalue weighted by Gasteiger charge is -2.23. The van der Waals surface area contributed by atoms with Gasteiger partial charge >= 0.3 is 0 Å². The molecule has 132 valence electrons. The summed E-state index contributed by atoms with van der Waals surface area (Å²) >= 11 is 0. The molecule has 2 aromatic carbocycles. The maximum absolute atomic E-state index is 13.2. The molecule has 0 aliphatic rings. The highest BCUT2D eigenvalue weighted by atomic mass is 19.2. The van der Waals surface area contributed by atoms with Crippen molar-refractivity contribution >= 4 is 23.2 Å². The second-order valence-electron chi connectivity index (χ2n) is 5.89. The van der Waals surface area contributed by atoms with Crippen molar-refractivity contribution in [2.24, 2.45) is 5.41 Å². The predicted octanol–water partition coefficient (Wildman–Crippen LogP) is 3.58. The number of nitrogens with one attached hydrogen (secondary N) is 2. The normalized spacial score (nSPS) is 10.9. The summed E-state index contributed by atoms with van der Waals surface area (Å²) in [6.07, 6.45) is 0. The number of benzene rings is 2. The van der Waals surface area contributed by atoms with Crippen LogP contribution in [0.25, 0.3) is 0 Å². The van der Waals surface area contributed by atoms with Gasteiger partial charge in [-0.15, -0.1) is 0 Å². The van der Waals surface area contributed by atoms with E-state index in [1.165, 1.54) is 27.0 Å². The fourth-order valence-electron chi connectivity index (χ4n) is 1.95. The fraction of sp³-hybridized carbons (Fsp3) is 0.222. The van der Waals surface area contributed by atoms with E-state index >= 15 is 0 Å². The number of rotatable bonds is 5. The summed E-state index contributed by atoms with van der Waals surface area (Å²) in [5.41, 5.74) is -0.919. The van der Waals surface area contributed by atoms with Crippen molar-refractivity contribution in [3.05, 3.63) is 54.1 Å². The molecule has 0 radical (unpaired) electrons. The molecule has 0 saturated heterocycles. The number of halogens is 2. The van der Waals surface area contributed by atoms with Gasteiger partial charge in [0.15, 0.2) is 11.6 Å². The molecule has 2 amide bonds. The molecule has 2 aromatic rings. The summed E-state index contributed by atoms with van der Waals surface area (Å²) in [4.78, 5) is 24.8. The van der Waals surface area contributed by atoms with Crippen LogP contribution < -0.4 is 15.4 Å². The molecular weight excluding hydrogens is 330 g/mol. The van der Waals surface area contributed by atoms with Crippen molar-refractivity contribution in [1.29, 1.82) is 0 Å². The molecule has 0 fully saturated rings. The summed E-state index contributed by atoms with van der Waals surface area (Å²) in [7, 11) is 1.50. The van der Waals surface area contributed by atoms with Gasteiger partial charge in [0.1, 0.15) is 11.2 Å². The Morgan fingerprint density at radius 1 is 0.920 bits per heavy atom. The molecule has 5 nitrogen and oxygen atoms in total. The highest BCUT2D eigenvalue weighted by Crippen LogP contribution is 2.24. The van der Waals surface area contributed by atoms with Crippen molar-refractivity contribution in [1.82, 2.24) is 0 Å². The van der Waals surface area contributed by atoms with Gasteiger partial charge in [0, 0.05) is 23.5 Å². The topological polar surface area (TPSA) is 67.4 Å². The van der Waals surface area contributed by atoms with Gasteiger partial charge in [-0.2, -0.15) is 0 Å². The minimum Gasteiger partial charge on any atom is -0.497 e. The van der Waals surface area contributed by atoms with E-state index < -0.39 is 28.9 Å². The largest absolute Gasteiger partial charge is 0.497 e. The van der Waals surface area contributed by atoms with Gasteiger partial charge < -0.3 is 15.4 Å². The third-order valence-corrected chi connectivity index (χ3v) is 3.64. The second kappa shape index (κ2) is 7.29. The fourth-order valence-corrected chi connectivity index (χ4v) is 1.95. The molecule has 25 heavy (non-hydrogen) atoms. The molecule has 0 heterocycles. The Bertz CT molecular complexity index is 807. The number of carbonyl (C=O) groups is 2. The molecule has 0 atom stereocenters. The first kappa shape index (κ1) is 18.4. The lowest BCUT2D eigenvalue weighted by molar-refractivity contribution is -0.135. The zero-order chi connectivity index (χ0) is 18.6. The Kier molecular flexibility index (Phi) is 5.36. The van der Waals surface area contributed by atoms with Crippen molar-refractivity contribution < 1.29 is 23.1 Å². The predicted molar refractivity (Wildman–Crippen MR) is 90.4 cm³/mol. The lowest BCUT2D eigenvalue weighted by Crippen LogP contribution is -2.41. The summed E-state index contributed by atoms with van der Waals surface area (Å²) in [5, 5.41) is 5.04. The second-order valence-corrected chi connectivity index (χ2v) is 5.89. The van der Waals surface area contributed by atoms with Crippen LogP contribution in [0.4, 0.5) is 20.2 Å². The minimum absolute atomic E-state index is 0.0613. The first-order chi connectivity index (χ1) is 11.7. The van der Waals surface area contributed by atoms with Crippen LogP contribution >= 0.6 is 0 Å². The average Bonchev–Trinajstić information content (AvgIpc) is 2.58. The van der Waals surface area contributed by atoms with Crippen LogP contribution in [0.2, 0.25) is 0 Å². The number of hydrogen-bond acceptors (Lipinski definition) is 3. The van der Waals surface area contributed by atoms with E-state index in [2.05, 4.69) is 10.6 Å². The van der Waals surface area contributed by atoms with Crippen LogP contribution in [-0.4, -0.2) is 18.9 Å². The maximum Gasteiger partial charge on any atom is 0.239 e. The first-order valence-corrected chi connectivity index (χ1v) is 7.46. The van der Waals surface area contributed by atoms with Gasteiger partial charge in [-0.25, -0.2) is 8.78 Å². The molecule has 0 bridgehead atoms. The number of methoxy groups -OCH3 is 1. The summed E-state index contributed by atoms with van der Waals surface area (Å²) < 4.78 is 31.2. The van der Waals surface area contributed by atoms with Crippen molar-refractivity contribution in [2.75, 3.05) is 17.7 Å². The summed E-state index contributed by atoms with van der Waals surface area (Å²) in [6, 6.07) is 9.65. The summed E-state index contributed by atoms with van der Waals surface area (Å²) in [5.74, 6) is -2.76. The molecule has 0 aliphatic heterocycles. The molecular formula is C18H18F2N2O3. The zero-order valence-corrected chi connectivity index (χ0v) is 14.0. The number of anilines is 2. The van der Waals surface area contributed by atoms with Gasteiger partial charge in [-0.1, -0.05) is 6.07 Å². The van der Waals surface area contributed by atoms with Crippen molar-refractivity contribution in [2.45, 2.75) is 13.8 Å². The molecule has 2 N–H and O–H groups in total. The van der Waals surface area contributed by atoms with Gasteiger partial charge in [0.2, 0.25) is 11.8 Å². The van der Waals surface area contributed by atoms with Gasteiger partial charge in [-0.05, 0) is 38.1 Å². The maximum atomic E-state index is 13.2. The number of carbonyl (C=O) groups excluding carboxylic acids is 2. The molecule has 0 unspecified atom stereocenters. The molecule has 7 heteroatoms. The van der Waals surface area contributed by atoms with Crippen LogP contribution in [0.1, 0.15) is 13.8 Å². The Balaban J connectivity index is 2.11. The third kappa shape index (κ3) is 4.32. The first-order valence-electron chi connectivity index (χ1n) is 7.46. The molecule has 0 aromatic heterocycles. The van der Waals surface area contributed by atoms with E-state index in [9.17, 15) is 18.4 Å². The number of hydrogen-bond donors (Lipinski definition) is 2. The number of ether oxygens (including phenoxy) is 1. The van der Waals surface area contributed by atoms with E-state index in [1.807, 2.05) is 0 Å². The van der Waals surface area contributed by atoms with E-state index in [-0.39, 0.29) is 5.69 Å². The third-order valence-electron chi connectivity index (χ3n) is 3.64. The quantitative estimate of drug-likeness (QED) is 0.812. The molecule has 0 aliphatic carbocycles. The van der Waals surface area contributed by atoms with Gasteiger partial charge in [0.05, 0.1) is 7.11 Å². The van der Waals surface area contributed by atoms with Crippen LogP contribution in [0.5, 0.6) is 5.75 Å². The van der Waals surface area contributed by atoms with Crippen LogP contribution in [0.3, 0.4) is 0 Å². The molecule has 2 rings (SSSR count). The van der Waals surface area contributed by atoms with Crippen LogP contribution in [0.15, 0.2) is 42.5 Å². The monoisotopic (exact) mass is 348 g/mol. The van der Waals surface area contributed by atoms with Crippen LogP contribution in [0, 0.1) is 17.0 Å². The van der Waals surface area contributed by atoms with Gasteiger partial charge in [0.25, 0.3) is 0 Å². The molecule has 0 saturated carbocycles. The molecule has 0 spiro atoms. The Morgan fingerprint density at radius 2 is 1.52 bits per heavy atom. The van der Waals surface area contributed by atoms with Gasteiger partial charge in [-0.3, -0.25) is 9.59 Å². The smallest absolute Gasteiger partial charge is 0.239 e.